The average molecular weight is 515 g/mol. The summed E-state index contributed by atoms with van der Waals surface area (Å²) in [5, 5.41) is 0. The molecule has 7 heteroatoms. The number of unbranched alkanes of at least 4 members (excludes halogenated alkanes) is 8. The highest BCUT2D eigenvalue weighted by Gasteiger charge is 2.20. The van der Waals surface area contributed by atoms with Gasteiger partial charge < -0.3 is 9.47 Å². The van der Waals surface area contributed by atoms with Crippen LogP contribution in [0.1, 0.15) is 78.1 Å². The van der Waals surface area contributed by atoms with E-state index in [4.69, 9.17) is 9.47 Å². The molecule has 2 aromatic carbocycles. The quantitative estimate of drug-likeness (QED) is 0.179. The molecule has 0 aliphatic rings. The fraction of sp³-hybridized carbons (Fsp3) is 0.467. The number of halogens is 3. The van der Waals surface area contributed by atoms with Gasteiger partial charge >= 0.3 is 0 Å². The van der Waals surface area contributed by atoms with E-state index in [0.29, 0.717) is 18.8 Å². The van der Waals surface area contributed by atoms with Gasteiger partial charge in [0.2, 0.25) is 11.8 Å². The monoisotopic (exact) mass is 514 g/mol. The molecule has 0 aliphatic heterocycles. The Kier molecular flexibility index (Phi) is 11.7. The van der Waals surface area contributed by atoms with Crippen LogP contribution in [0.5, 0.6) is 11.5 Å². The van der Waals surface area contributed by atoms with Crippen LogP contribution < -0.4 is 9.47 Å². The predicted octanol–water partition coefficient (Wildman–Crippen LogP) is 8.93. The topological polar surface area (TPSA) is 44.2 Å². The number of nitrogens with zero attached hydrogens (tertiary/aromatic N) is 2. The molecule has 0 unspecified atom stereocenters. The standard InChI is InChI=1S/C30H37F3N2O2/c1-3-5-7-9-10-12-19-36-23-15-13-22(14-16-23)25-21-34-29(30(33)35-25)24-17-18-26(28(32)27(24)31)37-20-11-8-6-4-2/h13-18,21H,3-12,19-20H2,1-2H3. The van der Waals surface area contributed by atoms with Crippen molar-refractivity contribution in [2.24, 2.45) is 0 Å². The minimum atomic E-state index is -1.21. The molecule has 1 heterocycles. The van der Waals surface area contributed by atoms with Crippen LogP contribution in [0.2, 0.25) is 0 Å². The lowest BCUT2D eigenvalue weighted by atomic mass is 10.1. The molecular formula is C30H37F3N2O2. The van der Waals surface area contributed by atoms with Gasteiger partial charge in [0.1, 0.15) is 11.4 Å². The molecule has 37 heavy (non-hydrogen) atoms. The summed E-state index contributed by atoms with van der Waals surface area (Å²) in [5.41, 5.74) is 0.277. The Labute approximate surface area is 218 Å². The lowest BCUT2D eigenvalue weighted by Gasteiger charge is -2.11. The van der Waals surface area contributed by atoms with Crippen LogP contribution in [0.15, 0.2) is 42.6 Å². The molecule has 0 radical (unpaired) electrons. The number of ether oxygens (including phenoxy) is 2. The van der Waals surface area contributed by atoms with Crippen LogP contribution in [-0.2, 0) is 0 Å². The summed E-state index contributed by atoms with van der Waals surface area (Å²) in [4.78, 5) is 7.99. The van der Waals surface area contributed by atoms with Gasteiger partial charge in [0, 0.05) is 11.1 Å². The number of hydrogen-bond donors (Lipinski definition) is 0. The van der Waals surface area contributed by atoms with Gasteiger partial charge in [-0.25, -0.2) is 14.4 Å². The largest absolute Gasteiger partial charge is 0.494 e. The summed E-state index contributed by atoms with van der Waals surface area (Å²) in [6, 6.07) is 9.71. The third kappa shape index (κ3) is 8.48. The summed E-state index contributed by atoms with van der Waals surface area (Å²) < 4.78 is 55.2. The minimum absolute atomic E-state index is 0.193. The van der Waals surface area contributed by atoms with E-state index in [2.05, 4.69) is 23.8 Å². The highest BCUT2D eigenvalue weighted by Crippen LogP contribution is 2.31. The van der Waals surface area contributed by atoms with E-state index in [-0.39, 0.29) is 22.7 Å². The van der Waals surface area contributed by atoms with E-state index >= 15 is 0 Å². The zero-order valence-corrected chi connectivity index (χ0v) is 21.9. The maximum Gasteiger partial charge on any atom is 0.240 e. The van der Waals surface area contributed by atoms with Crippen LogP contribution in [0, 0.1) is 17.6 Å². The Morgan fingerprint density at radius 2 is 1.30 bits per heavy atom. The van der Waals surface area contributed by atoms with E-state index in [1.807, 2.05) is 0 Å². The molecule has 4 nitrogen and oxygen atoms in total. The maximum atomic E-state index is 14.8. The first-order valence-corrected chi connectivity index (χ1v) is 13.4. The van der Waals surface area contributed by atoms with E-state index in [0.717, 1.165) is 44.3 Å². The summed E-state index contributed by atoms with van der Waals surface area (Å²) in [5.74, 6) is -2.81. The summed E-state index contributed by atoms with van der Waals surface area (Å²) >= 11 is 0. The molecular weight excluding hydrogens is 477 g/mol. The lowest BCUT2D eigenvalue weighted by molar-refractivity contribution is 0.285. The van der Waals surface area contributed by atoms with Crippen molar-refractivity contribution in [2.45, 2.75) is 78.1 Å². The molecule has 0 N–H and O–H groups in total. The lowest BCUT2D eigenvalue weighted by Crippen LogP contribution is -2.03. The Hall–Kier alpha value is -3.09. The van der Waals surface area contributed by atoms with E-state index in [1.165, 1.54) is 44.0 Å². The van der Waals surface area contributed by atoms with Gasteiger partial charge in [-0.2, -0.15) is 8.78 Å². The van der Waals surface area contributed by atoms with E-state index < -0.39 is 17.6 Å². The third-order valence-electron chi connectivity index (χ3n) is 6.20. The SMILES string of the molecule is CCCCCCCCOc1ccc(-c2cnc(-c3ccc(OCCCCCC)c(F)c3F)c(F)n2)cc1. The second kappa shape index (κ2) is 15.2. The molecule has 0 amide bonds. The Morgan fingerprint density at radius 1 is 0.676 bits per heavy atom. The molecule has 0 fully saturated rings. The predicted molar refractivity (Wildman–Crippen MR) is 141 cm³/mol. The van der Waals surface area contributed by atoms with Crippen molar-refractivity contribution >= 4 is 0 Å². The van der Waals surface area contributed by atoms with Gasteiger partial charge in [-0.1, -0.05) is 65.2 Å². The molecule has 0 spiro atoms. The summed E-state index contributed by atoms with van der Waals surface area (Å²) in [7, 11) is 0. The molecule has 0 aliphatic carbocycles. The zero-order valence-electron chi connectivity index (χ0n) is 21.9. The minimum Gasteiger partial charge on any atom is -0.494 e. The Bertz CT molecular complexity index is 1110. The van der Waals surface area contributed by atoms with Crippen molar-refractivity contribution in [3.63, 3.8) is 0 Å². The van der Waals surface area contributed by atoms with Gasteiger partial charge in [0.05, 0.1) is 25.1 Å². The summed E-state index contributed by atoms with van der Waals surface area (Å²) in [6.45, 7) is 5.24. The van der Waals surface area contributed by atoms with Gasteiger partial charge in [-0.15, -0.1) is 0 Å². The smallest absolute Gasteiger partial charge is 0.240 e. The molecule has 1 aromatic heterocycles. The summed E-state index contributed by atoms with van der Waals surface area (Å²) in [6.07, 6.45) is 12.4. The fourth-order valence-corrected chi connectivity index (χ4v) is 4.02. The van der Waals surface area contributed by atoms with Crippen molar-refractivity contribution in [2.75, 3.05) is 13.2 Å². The maximum absolute atomic E-state index is 14.8. The first kappa shape index (κ1) is 28.5. The van der Waals surface area contributed by atoms with Crippen molar-refractivity contribution in [1.82, 2.24) is 9.97 Å². The van der Waals surface area contributed by atoms with Gasteiger partial charge in [0.15, 0.2) is 11.6 Å². The fourth-order valence-electron chi connectivity index (χ4n) is 4.02. The highest BCUT2D eigenvalue weighted by molar-refractivity contribution is 5.65. The van der Waals surface area contributed by atoms with E-state index in [9.17, 15) is 13.2 Å². The molecule has 0 saturated heterocycles. The van der Waals surface area contributed by atoms with E-state index in [1.54, 1.807) is 24.3 Å². The van der Waals surface area contributed by atoms with Crippen LogP contribution >= 0.6 is 0 Å². The first-order chi connectivity index (χ1) is 18.0. The normalized spacial score (nSPS) is 11.1. The van der Waals surface area contributed by atoms with Gasteiger partial charge in [-0.05, 0) is 49.2 Å². The van der Waals surface area contributed by atoms with Crippen molar-refractivity contribution in [3.05, 3.63) is 60.2 Å². The third-order valence-corrected chi connectivity index (χ3v) is 6.20. The Balaban J connectivity index is 1.60. The van der Waals surface area contributed by atoms with Gasteiger partial charge in [-0.3, -0.25) is 0 Å². The van der Waals surface area contributed by atoms with Crippen LogP contribution in [0.25, 0.3) is 22.5 Å². The first-order valence-electron chi connectivity index (χ1n) is 13.4. The van der Waals surface area contributed by atoms with Crippen LogP contribution in [-0.4, -0.2) is 23.2 Å². The zero-order chi connectivity index (χ0) is 26.5. The molecule has 3 aromatic rings. The number of rotatable bonds is 16. The molecule has 200 valence electrons. The van der Waals surface area contributed by atoms with Crippen molar-refractivity contribution < 1.29 is 22.6 Å². The second-order valence-corrected chi connectivity index (χ2v) is 9.18. The van der Waals surface area contributed by atoms with Crippen molar-refractivity contribution in [3.8, 4) is 34.0 Å². The molecule has 0 bridgehead atoms. The number of hydrogen-bond acceptors (Lipinski definition) is 4. The van der Waals surface area contributed by atoms with Crippen molar-refractivity contribution in [1.29, 1.82) is 0 Å². The number of aromatic nitrogens is 2. The molecule has 0 saturated carbocycles. The van der Waals surface area contributed by atoms with Crippen LogP contribution in [0.3, 0.4) is 0 Å². The molecule has 0 atom stereocenters. The molecule has 3 rings (SSSR count). The second-order valence-electron chi connectivity index (χ2n) is 9.18. The average Bonchev–Trinajstić information content (AvgIpc) is 2.91. The number of benzene rings is 2. The van der Waals surface area contributed by atoms with Crippen LogP contribution in [0.4, 0.5) is 13.2 Å². The highest BCUT2D eigenvalue weighted by atomic mass is 19.2. The van der Waals surface area contributed by atoms with Gasteiger partial charge in [0.25, 0.3) is 0 Å². The Morgan fingerprint density at radius 3 is 1.97 bits per heavy atom.